The Kier molecular flexibility index (Phi) is 5.52. The molecule has 0 atom stereocenters. The number of hydrogen-bond donors (Lipinski definition) is 0. The van der Waals surface area contributed by atoms with E-state index in [1.54, 1.807) is 6.07 Å². The number of benzene rings is 2. The molecule has 0 amide bonds. The summed E-state index contributed by atoms with van der Waals surface area (Å²) in [5.74, 6) is -0.940. The van der Waals surface area contributed by atoms with Gasteiger partial charge in [0.25, 0.3) is 0 Å². The SMILES string of the molecule is COc1ccc(C(=O)/C=C/c2ccc(F)cc2F)c(OC)c1OC. The monoisotopic (exact) mass is 334 g/mol. The van der Waals surface area contributed by atoms with Crippen LogP contribution in [0.1, 0.15) is 15.9 Å². The normalized spacial score (nSPS) is 10.7. The topological polar surface area (TPSA) is 44.8 Å². The van der Waals surface area contributed by atoms with Gasteiger partial charge in [-0.25, -0.2) is 8.78 Å². The molecule has 24 heavy (non-hydrogen) atoms. The van der Waals surface area contributed by atoms with Crippen LogP contribution in [0.3, 0.4) is 0 Å². The van der Waals surface area contributed by atoms with Gasteiger partial charge in [-0.05, 0) is 36.4 Å². The lowest BCUT2D eigenvalue weighted by Crippen LogP contribution is -2.03. The average molecular weight is 334 g/mol. The van der Waals surface area contributed by atoms with Crippen molar-refractivity contribution in [2.45, 2.75) is 0 Å². The third-order valence-electron chi connectivity index (χ3n) is 3.35. The fourth-order valence-electron chi connectivity index (χ4n) is 2.19. The Hall–Kier alpha value is -2.89. The molecule has 2 aromatic carbocycles. The lowest BCUT2D eigenvalue weighted by Gasteiger charge is -2.14. The maximum Gasteiger partial charge on any atom is 0.204 e. The van der Waals surface area contributed by atoms with Crippen LogP contribution in [-0.2, 0) is 0 Å². The molecule has 0 radical (unpaired) electrons. The summed E-state index contributed by atoms with van der Waals surface area (Å²) in [6.07, 6.45) is 2.45. The van der Waals surface area contributed by atoms with Crippen molar-refractivity contribution < 1.29 is 27.8 Å². The molecular weight excluding hydrogens is 318 g/mol. The van der Waals surface area contributed by atoms with E-state index in [0.29, 0.717) is 5.75 Å². The number of rotatable bonds is 6. The first kappa shape index (κ1) is 17.5. The van der Waals surface area contributed by atoms with Gasteiger partial charge in [-0.3, -0.25) is 4.79 Å². The van der Waals surface area contributed by atoms with E-state index in [0.717, 1.165) is 12.1 Å². The molecule has 6 heteroatoms. The first-order valence-electron chi connectivity index (χ1n) is 6.98. The van der Waals surface area contributed by atoms with Crippen LogP contribution in [0.15, 0.2) is 36.4 Å². The number of methoxy groups -OCH3 is 3. The number of carbonyl (C=O) groups excluding carboxylic acids is 1. The number of ketones is 1. The molecule has 126 valence electrons. The number of ether oxygens (including phenoxy) is 3. The molecular formula is C18H16F2O4. The van der Waals surface area contributed by atoms with Gasteiger partial charge in [0, 0.05) is 11.6 Å². The fraction of sp³-hybridized carbons (Fsp3) is 0.167. The van der Waals surface area contributed by atoms with Gasteiger partial charge < -0.3 is 14.2 Å². The van der Waals surface area contributed by atoms with E-state index < -0.39 is 17.4 Å². The van der Waals surface area contributed by atoms with E-state index in [1.165, 1.54) is 45.6 Å². The van der Waals surface area contributed by atoms with E-state index in [1.807, 2.05) is 0 Å². The molecule has 0 N–H and O–H groups in total. The standard InChI is InChI=1S/C18H16F2O4/c1-22-16-9-7-13(17(23-2)18(16)24-3)15(21)8-5-11-4-6-12(19)10-14(11)20/h4-10H,1-3H3/b8-5+. The van der Waals surface area contributed by atoms with Gasteiger partial charge in [0.1, 0.15) is 11.6 Å². The van der Waals surface area contributed by atoms with Gasteiger partial charge in [0.15, 0.2) is 17.3 Å². The van der Waals surface area contributed by atoms with Crippen molar-refractivity contribution in [2.75, 3.05) is 21.3 Å². The van der Waals surface area contributed by atoms with E-state index in [9.17, 15) is 13.6 Å². The van der Waals surface area contributed by atoms with Gasteiger partial charge >= 0.3 is 0 Å². The molecule has 0 fully saturated rings. The Morgan fingerprint density at radius 3 is 2.25 bits per heavy atom. The summed E-state index contributed by atoms with van der Waals surface area (Å²) in [6, 6.07) is 6.21. The molecule has 0 aliphatic carbocycles. The highest BCUT2D eigenvalue weighted by atomic mass is 19.1. The fourth-order valence-corrected chi connectivity index (χ4v) is 2.19. The third-order valence-corrected chi connectivity index (χ3v) is 3.35. The summed E-state index contributed by atoms with van der Waals surface area (Å²) in [6.45, 7) is 0. The zero-order valence-corrected chi connectivity index (χ0v) is 13.4. The zero-order valence-electron chi connectivity index (χ0n) is 13.4. The van der Waals surface area contributed by atoms with Crippen molar-refractivity contribution in [1.82, 2.24) is 0 Å². The molecule has 0 spiro atoms. The Morgan fingerprint density at radius 1 is 0.958 bits per heavy atom. The third kappa shape index (κ3) is 3.53. The van der Waals surface area contributed by atoms with E-state index in [4.69, 9.17) is 14.2 Å². The Bertz CT molecular complexity index is 785. The molecule has 0 unspecified atom stereocenters. The molecule has 0 aliphatic rings. The summed E-state index contributed by atoms with van der Waals surface area (Å²) in [7, 11) is 4.30. The molecule has 0 bridgehead atoms. The molecule has 4 nitrogen and oxygen atoms in total. The van der Waals surface area contributed by atoms with Crippen LogP contribution in [0, 0.1) is 11.6 Å². The molecule has 2 rings (SSSR count). The van der Waals surface area contributed by atoms with Crippen LogP contribution in [0.25, 0.3) is 6.08 Å². The van der Waals surface area contributed by atoms with Crippen molar-refractivity contribution in [2.24, 2.45) is 0 Å². The predicted molar refractivity (Wildman–Crippen MR) is 85.8 cm³/mol. The van der Waals surface area contributed by atoms with Gasteiger partial charge in [0.05, 0.1) is 26.9 Å². The van der Waals surface area contributed by atoms with Gasteiger partial charge in [0.2, 0.25) is 5.75 Å². The van der Waals surface area contributed by atoms with Crippen LogP contribution in [0.2, 0.25) is 0 Å². The molecule has 0 saturated heterocycles. The molecule has 0 aromatic heterocycles. The second-order valence-electron chi connectivity index (χ2n) is 4.75. The second kappa shape index (κ2) is 7.59. The maximum atomic E-state index is 13.6. The van der Waals surface area contributed by atoms with Crippen LogP contribution in [0.4, 0.5) is 8.78 Å². The second-order valence-corrected chi connectivity index (χ2v) is 4.75. The summed E-state index contributed by atoms with van der Waals surface area (Å²) < 4.78 is 42.1. The van der Waals surface area contributed by atoms with Crippen LogP contribution >= 0.6 is 0 Å². The minimum Gasteiger partial charge on any atom is -0.493 e. The molecule has 0 heterocycles. The first-order valence-corrected chi connectivity index (χ1v) is 6.98. The Labute approximate surface area is 138 Å². The van der Waals surface area contributed by atoms with Gasteiger partial charge in [-0.15, -0.1) is 0 Å². The molecule has 0 aliphatic heterocycles. The predicted octanol–water partition coefficient (Wildman–Crippen LogP) is 3.89. The minimum absolute atomic E-state index is 0.101. The van der Waals surface area contributed by atoms with E-state index in [-0.39, 0.29) is 22.6 Å². The maximum absolute atomic E-state index is 13.6. The van der Waals surface area contributed by atoms with Crippen molar-refractivity contribution in [1.29, 1.82) is 0 Å². The quantitative estimate of drug-likeness (QED) is 0.594. The number of carbonyl (C=O) groups is 1. The summed E-state index contributed by atoms with van der Waals surface area (Å²) in [4.78, 5) is 12.4. The highest BCUT2D eigenvalue weighted by Crippen LogP contribution is 2.40. The van der Waals surface area contributed by atoms with Crippen molar-refractivity contribution in [3.05, 3.63) is 59.2 Å². The highest BCUT2D eigenvalue weighted by Gasteiger charge is 2.19. The lowest BCUT2D eigenvalue weighted by atomic mass is 10.1. The zero-order chi connectivity index (χ0) is 17.7. The molecule has 0 saturated carbocycles. The minimum atomic E-state index is -0.752. The summed E-state index contributed by atoms with van der Waals surface area (Å²) in [5, 5.41) is 0. The number of halogens is 2. The molecule has 2 aromatic rings. The van der Waals surface area contributed by atoms with Crippen LogP contribution in [-0.4, -0.2) is 27.1 Å². The highest BCUT2D eigenvalue weighted by molar-refractivity contribution is 6.09. The summed E-state index contributed by atoms with van der Waals surface area (Å²) >= 11 is 0. The van der Waals surface area contributed by atoms with Gasteiger partial charge in [-0.1, -0.05) is 0 Å². The van der Waals surface area contributed by atoms with Gasteiger partial charge in [-0.2, -0.15) is 0 Å². The van der Waals surface area contributed by atoms with E-state index in [2.05, 4.69) is 0 Å². The number of allylic oxidation sites excluding steroid dienone is 1. The average Bonchev–Trinajstić information content (AvgIpc) is 2.59. The number of hydrogen-bond acceptors (Lipinski definition) is 4. The smallest absolute Gasteiger partial charge is 0.204 e. The first-order chi connectivity index (χ1) is 11.5. The van der Waals surface area contributed by atoms with E-state index >= 15 is 0 Å². The largest absolute Gasteiger partial charge is 0.493 e. The van der Waals surface area contributed by atoms with Crippen molar-refractivity contribution in [3.8, 4) is 17.2 Å². The summed E-state index contributed by atoms with van der Waals surface area (Å²) in [5.41, 5.74) is 0.332. The Balaban J connectivity index is 2.37. The Morgan fingerprint density at radius 2 is 1.67 bits per heavy atom. The van der Waals surface area contributed by atoms with Crippen molar-refractivity contribution in [3.63, 3.8) is 0 Å². The lowest BCUT2D eigenvalue weighted by molar-refractivity contribution is 0.104. The van der Waals surface area contributed by atoms with Crippen molar-refractivity contribution >= 4 is 11.9 Å². The van der Waals surface area contributed by atoms with Crippen LogP contribution < -0.4 is 14.2 Å². The van der Waals surface area contributed by atoms with Crippen LogP contribution in [0.5, 0.6) is 17.2 Å².